The second-order valence-corrected chi connectivity index (χ2v) is 6.28. The van der Waals surface area contributed by atoms with Crippen molar-refractivity contribution in [1.82, 2.24) is 4.57 Å². The fourth-order valence-electron chi connectivity index (χ4n) is 2.24. The van der Waals surface area contributed by atoms with E-state index in [0.29, 0.717) is 5.56 Å². The number of hydrogen-bond acceptors (Lipinski definition) is 7. The molecule has 1 N–H and O–H groups in total. The van der Waals surface area contributed by atoms with E-state index in [9.17, 15) is 24.5 Å². The molecule has 0 spiro atoms. The molecule has 1 amide bonds. The number of carbonyl (C=O) groups is 2. The number of nitrogens with zero attached hydrogens (tertiary/aromatic N) is 2. The Morgan fingerprint density at radius 1 is 1.35 bits per heavy atom. The highest BCUT2D eigenvalue weighted by Gasteiger charge is 2.15. The third-order valence-corrected chi connectivity index (χ3v) is 4.54. The summed E-state index contributed by atoms with van der Waals surface area (Å²) in [5.74, 6) is -1.22. The number of aryl methyl sites for hydroxylation is 1. The lowest BCUT2D eigenvalue weighted by molar-refractivity contribution is -0.385. The van der Waals surface area contributed by atoms with Crippen molar-refractivity contribution in [3.05, 3.63) is 54.6 Å². The third kappa shape index (κ3) is 4.76. The van der Waals surface area contributed by atoms with Gasteiger partial charge in [0.2, 0.25) is 0 Å². The van der Waals surface area contributed by atoms with Crippen LogP contribution in [-0.4, -0.2) is 28.0 Å². The molecule has 2 rings (SSSR count). The molecule has 0 saturated heterocycles. The van der Waals surface area contributed by atoms with Gasteiger partial charge in [-0.05, 0) is 19.9 Å². The number of nitrogens with one attached hydrogen (secondary N) is 1. The van der Waals surface area contributed by atoms with Crippen molar-refractivity contribution in [1.29, 1.82) is 0 Å². The Balaban J connectivity index is 1.85. The topological polar surface area (TPSA) is 121 Å². The Hall–Kier alpha value is -3.01. The maximum Gasteiger partial charge on any atom is 0.308 e. The zero-order valence-electron chi connectivity index (χ0n) is 14.2. The predicted molar refractivity (Wildman–Crippen MR) is 95.4 cm³/mol. The summed E-state index contributed by atoms with van der Waals surface area (Å²) in [6.07, 6.45) is -0.0411. The Morgan fingerprint density at radius 2 is 2.08 bits per heavy atom. The second kappa shape index (κ2) is 8.39. The van der Waals surface area contributed by atoms with Crippen molar-refractivity contribution in [2.24, 2.45) is 0 Å². The first-order valence-corrected chi connectivity index (χ1v) is 8.52. The van der Waals surface area contributed by atoms with Gasteiger partial charge >= 0.3 is 10.8 Å². The van der Waals surface area contributed by atoms with Crippen molar-refractivity contribution < 1.29 is 19.2 Å². The van der Waals surface area contributed by atoms with E-state index in [0.717, 1.165) is 17.0 Å². The Kier molecular flexibility index (Phi) is 6.23. The average Bonchev–Trinajstić information content (AvgIpc) is 2.91. The van der Waals surface area contributed by atoms with Crippen LogP contribution in [0.1, 0.15) is 17.7 Å². The SMILES string of the molecule is Cc1c(NC(=O)COC(=O)CCn2c(C)csc2=O)cccc1[N+](=O)[O-]. The van der Waals surface area contributed by atoms with Crippen LogP contribution in [0.3, 0.4) is 0 Å². The van der Waals surface area contributed by atoms with E-state index in [1.807, 2.05) is 0 Å². The summed E-state index contributed by atoms with van der Waals surface area (Å²) >= 11 is 1.05. The summed E-state index contributed by atoms with van der Waals surface area (Å²) in [6, 6.07) is 4.31. The van der Waals surface area contributed by atoms with Crippen LogP contribution in [0, 0.1) is 24.0 Å². The van der Waals surface area contributed by atoms with Gasteiger partial charge in [-0.25, -0.2) is 0 Å². The van der Waals surface area contributed by atoms with Crippen LogP contribution < -0.4 is 10.2 Å². The molecule has 9 nitrogen and oxygen atoms in total. The van der Waals surface area contributed by atoms with E-state index in [4.69, 9.17) is 4.74 Å². The molecule has 1 aromatic heterocycles. The van der Waals surface area contributed by atoms with Crippen LogP contribution in [0.15, 0.2) is 28.4 Å². The van der Waals surface area contributed by atoms with Gasteiger partial charge in [0, 0.05) is 23.7 Å². The van der Waals surface area contributed by atoms with E-state index >= 15 is 0 Å². The molecule has 0 fully saturated rings. The highest BCUT2D eigenvalue weighted by molar-refractivity contribution is 7.07. The number of esters is 1. The van der Waals surface area contributed by atoms with Gasteiger partial charge < -0.3 is 14.6 Å². The molecule has 1 heterocycles. The fourth-order valence-corrected chi connectivity index (χ4v) is 3.00. The number of rotatable bonds is 7. The quantitative estimate of drug-likeness (QED) is 0.446. The normalized spacial score (nSPS) is 10.4. The maximum absolute atomic E-state index is 11.9. The minimum absolute atomic E-state index is 0.0411. The number of benzene rings is 1. The van der Waals surface area contributed by atoms with Gasteiger partial charge in [-0.2, -0.15) is 0 Å². The number of amides is 1. The third-order valence-electron chi connectivity index (χ3n) is 3.66. The van der Waals surface area contributed by atoms with Crippen molar-refractivity contribution in [3.63, 3.8) is 0 Å². The molecule has 0 atom stereocenters. The molecule has 138 valence electrons. The number of aromatic nitrogens is 1. The van der Waals surface area contributed by atoms with Gasteiger partial charge in [-0.1, -0.05) is 17.4 Å². The molecule has 0 saturated carbocycles. The molecule has 0 aliphatic carbocycles. The standard InChI is InChI=1S/C16H17N3O6S/c1-10-9-26-16(22)18(10)7-6-15(21)25-8-14(20)17-12-4-3-5-13(11(12)2)19(23)24/h3-5,9H,6-8H2,1-2H3,(H,17,20). The molecule has 0 aliphatic heterocycles. The van der Waals surface area contributed by atoms with Crippen LogP contribution >= 0.6 is 11.3 Å². The monoisotopic (exact) mass is 379 g/mol. The fraction of sp³-hybridized carbons (Fsp3) is 0.312. The molecular formula is C16H17N3O6S. The van der Waals surface area contributed by atoms with E-state index in [1.54, 1.807) is 12.3 Å². The van der Waals surface area contributed by atoms with Crippen LogP contribution in [0.4, 0.5) is 11.4 Å². The van der Waals surface area contributed by atoms with Crippen LogP contribution in [0.25, 0.3) is 0 Å². The summed E-state index contributed by atoms with van der Waals surface area (Å²) in [6.45, 7) is 2.94. The first-order valence-electron chi connectivity index (χ1n) is 7.64. The van der Waals surface area contributed by atoms with Crippen LogP contribution in [-0.2, 0) is 20.9 Å². The molecule has 0 radical (unpaired) electrons. The molecule has 2 aromatic rings. The minimum Gasteiger partial charge on any atom is -0.456 e. The molecule has 0 unspecified atom stereocenters. The lowest BCUT2D eigenvalue weighted by atomic mass is 10.1. The van der Waals surface area contributed by atoms with Gasteiger partial charge in [-0.15, -0.1) is 0 Å². The van der Waals surface area contributed by atoms with Crippen molar-refractivity contribution in [2.75, 3.05) is 11.9 Å². The summed E-state index contributed by atoms with van der Waals surface area (Å²) in [5.41, 5.74) is 1.23. The molecule has 0 bridgehead atoms. The number of anilines is 1. The Bertz CT molecular complexity index is 902. The summed E-state index contributed by atoms with van der Waals surface area (Å²) in [4.78, 5) is 45.3. The lowest BCUT2D eigenvalue weighted by Gasteiger charge is -2.09. The van der Waals surface area contributed by atoms with E-state index in [-0.39, 0.29) is 29.2 Å². The van der Waals surface area contributed by atoms with Gasteiger partial charge in [-0.3, -0.25) is 24.5 Å². The number of thiazole rings is 1. The first-order chi connectivity index (χ1) is 12.3. The highest BCUT2D eigenvalue weighted by atomic mass is 32.1. The van der Waals surface area contributed by atoms with Crippen molar-refractivity contribution in [2.45, 2.75) is 26.8 Å². The second-order valence-electron chi connectivity index (χ2n) is 5.46. The summed E-state index contributed by atoms with van der Waals surface area (Å²) in [5, 5.41) is 15.1. The average molecular weight is 379 g/mol. The first kappa shape index (κ1) is 19.3. The van der Waals surface area contributed by atoms with E-state index < -0.39 is 23.4 Å². The zero-order chi connectivity index (χ0) is 19.3. The van der Waals surface area contributed by atoms with Crippen LogP contribution in [0.5, 0.6) is 0 Å². The van der Waals surface area contributed by atoms with E-state index in [2.05, 4.69) is 5.32 Å². The number of nitro benzene ring substituents is 1. The molecule has 1 aromatic carbocycles. The zero-order valence-corrected chi connectivity index (χ0v) is 15.0. The van der Waals surface area contributed by atoms with Gasteiger partial charge in [0.25, 0.3) is 11.6 Å². The number of carbonyl (C=O) groups excluding carboxylic acids is 2. The van der Waals surface area contributed by atoms with Gasteiger partial charge in [0.1, 0.15) is 0 Å². The van der Waals surface area contributed by atoms with Gasteiger partial charge in [0.15, 0.2) is 6.61 Å². The summed E-state index contributed by atoms with van der Waals surface area (Å²) < 4.78 is 6.33. The van der Waals surface area contributed by atoms with Crippen LogP contribution in [0.2, 0.25) is 0 Å². The smallest absolute Gasteiger partial charge is 0.308 e. The molecule has 26 heavy (non-hydrogen) atoms. The van der Waals surface area contributed by atoms with Crippen molar-refractivity contribution >= 4 is 34.6 Å². The minimum atomic E-state index is -0.617. The number of nitro groups is 1. The van der Waals surface area contributed by atoms with E-state index in [1.165, 1.54) is 29.7 Å². The lowest BCUT2D eigenvalue weighted by Crippen LogP contribution is -2.23. The number of hydrogen-bond donors (Lipinski definition) is 1. The molecule has 10 heteroatoms. The van der Waals surface area contributed by atoms with Crippen molar-refractivity contribution in [3.8, 4) is 0 Å². The molecular weight excluding hydrogens is 362 g/mol. The highest BCUT2D eigenvalue weighted by Crippen LogP contribution is 2.24. The maximum atomic E-state index is 11.9. The largest absolute Gasteiger partial charge is 0.456 e. The Labute approximate surface area is 152 Å². The predicted octanol–water partition coefficient (Wildman–Crippen LogP) is 2.01. The number of ether oxygens (including phenoxy) is 1. The molecule has 0 aliphatic rings. The Morgan fingerprint density at radius 3 is 2.69 bits per heavy atom. The van der Waals surface area contributed by atoms with Gasteiger partial charge in [0.05, 0.1) is 22.6 Å². The summed E-state index contributed by atoms with van der Waals surface area (Å²) in [7, 11) is 0.